The molecule has 2 aromatic rings. The number of likely N-dealkylation sites (tertiary alicyclic amines) is 1. The molecule has 3 rings (SSSR count). The summed E-state index contributed by atoms with van der Waals surface area (Å²) in [6.45, 7) is 3.45. The first-order valence-corrected chi connectivity index (χ1v) is 7.08. The van der Waals surface area contributed by atoms with Gasteiger partial charge in [0.2, 0.25) is 0 Å². The Kier molecular flexibility index (Phi) is 6.28. The van der Waals surface area contributed by atoms with Crippen molar-refractivity contribution in [3.63, 3.8) is 0 Å². The van der Waals surface area contributed by atoms with E-state index in [1.54, 1.807) is 5.92 Å². The Labute approximate surface area is 147 Å². The van der Waals surface area contributed by atoms with Crippen LogP contribution < -0.4 is 0 Å². The summed E-state index contributed by atoms with van der Waals surface area (Å²) in [7, 11) is 0. The molecule has 20 heavy (non-hydrogen) atoms. The van der Waals surface area contributed by atoms with Crippen molar-refractivity contribution in [1.29, 1.82) is 0 Å². The van der Waals surface area contributed by atoms with E-state index in [1.807, 2.05) is 0 Å². The van der Waals surface area contributed by atoms with Crippen LogP contribution in [0.15, 0.2) is 60.7 Å². The Hall–Kier alpha value is -0.626. The van der Waals surface area contributed by atoms with Crippen molar-refractivity contribution in [2.45, 2.75) is 19.4 Å². The minimum atomic E-state index is 0. The smallest absolute Gasteiger partial charge is 0.0233 e. The van der Waals surface area contributed by atoms with E-state index in [-0.39, 0.29) is 32.7 Å². The third kappa shape index (κ3) is 4.18. The van der Waals surface area contributed by atoms with Gasteiger partial charge in [-0.3, -0.25) is 0 Å². The minimum Gasteiger partial charge on any atom is -0.300 e. The molecular formula is C18H20NY-. The van der Waals surface area contributed by atoms with Gasteiger partial charge in [0.05, 0.1) is 0 Å². The molecule has 0 unspecified atom stereocenters. The van der Waals surface area contributed by atoms with Crippen molar-refractivity contribution in [3.05, 3.63) is 77.7 Å². The van der Waals surface area contributed by atoms with Crippen LogP contribution in [0.3, 0.4) is 0 Å². The number of piperidine rings is 1. The van der Waals surface area contributed by atoms with Crippen LogP contribution in [0.4, 0.5) is 0 Å². The van der Waals surface area contributed by atoms with E-state index < -0.39 is 0 Å². The zero-order valence-electron chi connectivity index (χ0n) is 11.8. The molecule has 0 spiro atoms. The topological polar surface area (TPSA) is 3.24 Å². The summed E-state index contributed by atoms with van der Waals surface area (Å²) < 4.78 is 0. The zero-order valence-corrected chi connectivity index (χ0v) is 14.7. The Morgan fingerprint density at radius 1 is 0.800 bits per heavy atom. The van der Waals surface area contributed by atoms with E-state index in [0.29, 0.717) is 0 Å². The molecule has 0 amide bonds. The van der Waals surface area contributed by atoms with Gasteiger partial charge in [0, 0.05) is 39.3 Å². The van der Waals surface area contributed by atoms with E-state index in [4.69, 9.17) is 0 Å². The summed E-state index contributed by atoms with van der Waals surface area (Å²) in [6, 6.07) is 21.6. The van der Waals surface area contributed by atoms with Gasteiger partial charge < -0.3 is 4.90 Å². The number of hydrogen-bond donors (Lipinski definition) is 0. The van der Waals surface area contributed by atoms with Gasteiger partial charge in [0.25, 0.3) is 0 Å². The van der Waals surface area contributed by atoms with Crippen LogP contribution in [0.1, 0.15) is 24.0 Å². The monoisotopic (exact) mass is 339 g/mol. The molecular weight excluding hydrogens is 319 g/mol. The third-order valence-electron chi connectivity index (χ3n) is 3.89. The van der Waals surface area contributed by atoms with Gasteiger partial charge >= 0.3 is 0 Å². The van der Waals surface area contributed by atoms with Gasteiger partial charge in [0.1, 0.15) is 0 Å². The number of hydrogen-bond acceptors (Lipinski definition) is 1. The fourth-order valence-corrected chi connectivity index (χ4v) is 2.79. The summed E-state index contributed by atoms with van der Waals surface area (Å²) >= 11 is 0. The number of nitrogens with zero attached hydrogens (tertiary/aromatic N) is 1. The molecule has 1 radical (unpaired) electrons. The standard InChI is InChI=1S/C18H20N.Y/c1-3-7-16(8-4-1)15-19-13-11-18(12-14-19)17-9-5-2-6-10-17;/h1-10H,11-15H2;/q-1;. The molecule has 0 bridgehead atoms. The van der Waals surface area contributed by atoms with Gasteiger partial charge in [0.15, 0.2) is 0 Å². The minimum absolute atomic E-state index is 0. The molecule has 1 saturated heterocycles. The largest absolute Gasteiger partial charge is 0.300 e. The summed E-state index contributed by atoms with van der Waals surface area (Å²) in [5, 5.41) is 0. The van der Waals surface area contributed by atoms with Crippen LogP contribution in [-0.2, 0) is 39.3 Å². The van der Waals surface area contributed by atoms with E-state index in [2.05, 4.69) is 65.6 Å². The summed E-state index contributed by atoms with van der Waals surface area (Å²) in [5.74, 6) is 1.62. The van der Waals surface area contributed by atoms with E-state index >= 15 is 0 Å². The Bertz CT molecular complexity index is 489. The van der Waals surface area contributed by atoms with Crippen molar-refractivity contribution >= 4 is 0 Å². The zero-order chi connectivity index (χ0) is 12.9. The van der Waals surface area contributed by atoms with Crippen molar-refractivity contribution in [2.75, 3.05) is 13.1 Å². The Morgan fingerprint density at radius 2 is 1.35 bits per heavy atom. The first-order chi connectivity index (χ1) is 9.42. The first-order valence-electron chi connectivity index (χ1n) is 7.08. The van der Waals surface area contributed by atoms with Crippen molar-refractivity contribution in [2.24, 2.45) is 0 Å². The maximum absolute atomic E-state index is 2.56. The second-order valence-electron chi connectivity index (χ2n) is 5.23. The molecule has 2 aromatic carbocycles. The Balaban J connectivity index is 0.00000147. The van der Waals surface area contributed by atoms with Crippen LogP contribution in [0.5, 0.6) is 0 Å². The third-order valence-corrected chi connectivity index (χ3v) is 3.89. The molecule has 1 aliphatic rings. The van der Waals surface area contributed by atoms with E-state index in [1.165, 1.54) is 37.1 Å². The van der Waals surface area contributed by atoms with Crippen LogP contribution in [0, 0.1) is 5.92 Å². The van der Waals surface area contributed by atoms with E-state index in [9.17, 15) is 0 Å². The first kappa shape index (κ1) is 15.8. The molecule has 1 aliphatic heterocycles. The van der Waals surface area contributed by atoms with Crippen LogP contribution in [0.25, 0.3) is 0 Å². The van der Waals surface area contributed by atoms with Crippen LogP contribution in [-0.4, -0.2) is 18.0 Å². The molecule has 1 heterocycles. The van der Waals surface area contributed by atoms with Crippen LogP contribution >= 0.6 is 0 Å². The quantitative estimate of drug-likeness (QED) is 0.767. The summed E-state index contributed by atoms with van der Waals surface area (Å²) in [6.07, 6.45) is 2.41. The van der Waals surface area contributed by atoms with Gasteiger partial charge in [-0.1, -0.05) is 49.2 Å². The van der Waals surface area contributed by atoms with Crippen molar-refractivity contribution in [1.82, 2.24) is 4.90 Å². The average molecular weight is 339 g/mol. The van der Waals surface area contributed by atoms with Gasteiger partial charge in [-0.25, -0.2) is 0 Å². The molecule has 0 N–H and O–H groups in total. The molecule has 0 atom stereocenters. The predicted octanol–water partition coefficient (Wildman–Crippen LogP) is 3.90. The van der Waals surface area contributed by atoms with Gasteiger partial charge in [-0.2, -0.15) is 23.6 Å². The molecule has 101 valence electrons. The number of benzene rings is 2. The predicted molar refractivity (Wildman–Crippen MR) is 79.7 cm³/mol. The summed E-state index contributed by atoms with van der Waals surface area (Å²) in [4.78, 5) is 2.56. The van der Waals surface area contributed by atoms with Crippen LogP contribution in [0.2, 0.25) is 0 Å². The van der Waals surface area contributed by atoms with Gasteiger partial charge in [-0.05, 0) is 18.7 Å². The second kappa shape index (κ2) is 7.97. The molecule has 2 heteroatoms. The van der Waals surface area contributed by atoms with E-state index in [0.717, 1.165) is 6.54 Å². The van der Waals surface area contributed by atoms with Crippen molar-refractivity contribution in [3.8, 4) is 0 Å². The molecule has 0 aliphatic carbocycles. The Morgan fingerprint density at radius 3 is 1.95 bits per heavy atom. The molecule has 1 fully saturated rings. The maximum atomic E-state index is 2.56. The average Bonchev–Trinajstić information content (AvgIpc) is 2.50. The molecule has 1 nitrogen and oxygen atoms in total. The molecule has 0 saturated carbocycles. The fourth-order valence-electron chi connectivity index (χ4n) is 2.79. The second-order valence-corrected chi connectivity index (χ2v) is 5.23. The normalized spacial score (nSPS) is 15.7. The number of rotatable bonds is 3. The molecule has 0 aromatic heterocycles. The maximum Gasteiger partial charge on any atom is 0.0233 e. The fraction of sp³-hybridized carbons (Fsp3) is 0.278. The SMILES string of the molecule is [Y].c1ccc(CN2CC[C-](c3ccccc3)CC2)cc1. The van der Waals surface area contributed by atoms with Crippen molar-refractivity contribution < 1.29 is 32.7 Å². The van der Waals surface area contributed by atoms with Gasteiger partial charge in [-0.15, -0.1) is 12.1 Å². The summed E-state index contributed by atoms with van der Waals surface area (Å²) in [5.41, 5.74) is 2.85.